The van der Waals surface area contributed by atoms with Crippen LogP contribution in [0.15, 0.2) is 30.5 Å². The molecule has 0 bridgehead atoms. The Bertz CT molecular complexity index is 526. The number of rotatable bonds is 5. The number of nitrogens with two attached hydrogens (primary N) is 2. The van der Waals surface area contributed by atoms with Crippen molar-refractivity contribution in [3.05, 3.63) is 36.2 Å². The molecule has 4 N–H and O–H groups in total. The summed E-state index contributed by atoms with van der Waals surface area (Å²) in [7, 11) is 0. The van der Waals surface area contributed by atoms with Crippen molar-refractivity contribution in [2.75, 3.05) is 0 Å². The lowest BCUT2D eigenvalue weighted by atomic mass is 9.91. The molecule has 102 valence electrons. The quantitative estimate of drug-likeness (QED) is 0.861. The van der Waals surface area contributed by atoms with Gasteiger partial charge >= 0.3 is 0 Å². The normalized spacial score (nSPS) is 16.2. The monoisotopic (exact) mass is 258 g/mol. The van der Waals surface area contributed by atoms with Crippen LogP contribution in [0.4, 0.5) is 0 Å². The van der Waals surface area contributed by atoms with Gasteiger partial charge in [-0.25, -0.2) is 4.98 Å². The average molecular weight is 258 g/mol. The molecule has 0 amide bonds. The summed E-state index contributed by atoms with van der Waals surface area (Å²) in [4.78, 5) is 9.18. The van der Waals surface area contributed by atoms with Crippen LogP contribution in [0.25, 0.3) is 11.0 Å². The van der Waals surface area contributed by atoms with Crippen LogP contribution >= 0.6 is 0 Å². The molecule has 4 heteroatoms. The number of hydrogen-bond donors (Lipinski definition) is 2. The second kappa shape index (κ2) is 6.08. The lowest BCUT2D eigenvalue weighted by molar-refractivity contribution is 0.477. The van der Waals surface area contributed by atoms with E-state index in [9.17, 15) is 0 Å². The van der Waals surface area contributed by atoms with Gasteiger partial charge in [-0.3, -0.25) is 4.98 Å². The Morgan fingerprint density at radius 3 is 2.16 bits per heavy atom. The van der Waals surface area contributed by atoms with E-state index >= 15 is 0 Å². The molecule has 4 nitrogen and oxygen atoms in total. The number of hydrogen-bond acceptors (Lipinski definition) is 4. The fraction of sp³-hybridized carbons (Fsp3) is 0.467. The summed E-state index contributed by atoms with van der Waals surface area (Å²) in [6.07, 6.45) is 3.63. The number of benzene rings is 1. The van der Waals surface area contributed by atoms with Crippen molar-refractivity contribution in [1.29, 1.82) is 0 Å². The molecule has 0 saturated heterocycles. The van der Waals surface area contributed by atoms with Gasteiger partial charge < -0.3 is 11.5 Å². The first-order chi connectivity index (χ1) is 9.06. The summed E-state index contributed by atoms with van der Waals surface area (Å²) in [6, 6.07) is 8.18. The van der Waals surface area contributed by atoms with E-state index in [0.29, 0.717) is 0 Å². The van der Waals surface area contributed by atoms with Gasteiger partial charge in [-0.2, -0.15) is 0 Å². The van der Waals surface area contributed by atoms with Gasteiger partial charge in [0.25, 0.3) is 0 Å². The molecular formula is C15H22N4. The molecule has 2 atom stereocenters. The predicted octanol–water partition coefficient (Wildman–Crippen LogP) is 2.19. The maximum absolute atomic E-state index is 5.93. The first-order valence-electron chi connectivity index (χ1n) is 6.79. The molecule has 0 radical (unpaired) electrons. The van der Waals surface area contributed by atoms with Crippen LogP contribution < -0.4 is 11.5 Å². The summed E-state index contributed by atoms with van der Waals surface area (Å²) in [6.45, 7) is 4.03. The van der Waals surface area contributed by atoms with Crippen LogP contribution in [0.5, 0.6) is 0 Å². The van der Waals surface area contributed by atoms with E-state index in [1.807, 2.05) is 44.3 Å². The molecule has 0 spiro atoms. The maximum atomic E-state index is 5.93. The highest BCUT2D eigenvalue weighted by atomic mass is 14.8. The summed E-state index contributed by atoms with van der Waals surface area (Å²) < 4.78 is 0. The third-order valence-corrected chi connectivity index (χ3v) is 3.20. The van der Waals surface area contributed by atoms with Gasteiger partial charge in [-0.05, 0) is 38.8 Å². The molecule has 0 aliphatic carbocycles. The Morgan fingerprint density at radius 2 is 1.58 bits per heavy atom. The minimum atomic E-state index is 0.136. The van der Waals surface area contributed by atoms with Crippen LogP contribution in [-0.2, 0) is 0 Å². The minimum absolute atomic E-state index is 0.136. The first-order valence-corrected chi connectivity index (χ1v) is 6.79. The topological polar surface area (TPSA) is 77.8 Å². The SMILES string of the molecule is CC(N)CC(CC(C)N)c1cnc2ccccc2n1. The number of fused-ring (bicyclic) bond motifs is 1. The van der Waals surface area contributed by atoms with Gasteiger partial charge in [0.15, 0.2) is 0 Å². The minimum Gasteiger partial charge on any atom is -0.328 e. The maximum Gasteiger partial charge on any atom is 0.0890 e. The first kappa shape index (κ1) is 13.9. The molecular weight excluding hydrogens is 236 g/mol. The Morgan fingerprint density at radius 1 is 1.00 bits per heavy atom. The van der Waals surface area contributed by atoms with Crippen molar-refractivity contribution in [2.24, 2.45) is 11.5 Å². The average Bonchev–Trinajstić information content (AvgIpc) is 2.36. The molecule has 0 saturated carbocycles. The second-order valence-corrected chi connectivity index (χ2v) is 5.41. The summed E-state index contributed by atoms with van der Waals surface area (Å²) in [5.74, 6) is 0.275. The standard InChI is InChI=1S/C15H22N4/c1-10(16)7-12(8-11(2)17)15-9-18-13-5-3-4-6-14(13)19-15/h3-6,9-12H,7-8,16-17H2,1-2H3. The van der Waals surface area contributed by atoms with Crippen LogP contribution in [0.3, 0.4) is 0 Å². The van der Waals surface area contributed by atoms with E-state index in [1.54, 1.807) is 0 Å². The van der Waals surface area contributed by atoms with Crippen LogP contribution in [0.1, 0.15) is 38.3 Å². The highest BCUT2D eigenvalue weighted by Crippen LogP contribution is 2.25. The Balaban J connectivity index is 2.32. The van der Waals surface area contributed by atoms with E-state index in [2.05, 4.69) is 4.98 Å². The highest BCUT2D eigenvalue weighted by molar-refractivity contribution is 5.73. The van der Waals surface area contributed by atoms with Gasteiger partial charge in [0, 0.05) is 24.2 Å². The third kappa shape index (κ3) is 3.72. The molecule has 2 rings (SSSR count). The highest BCUT2D eigenvalue weighted by Gasteiger charge is 2.17. The Labute approximate surface area is 114 Å². The molecule has 0 fully saturated rings. The zero-order valence-electron chi connectivity index (χ0n) is 11.6. The molecule has 19 heavy (non-hydrogen) atoms. The summed E-state index contributed by atoms with van der Waals surface area (Å²) in [5.41, 5.74) is 14.7. The van der Waals surface area contributed by atoms with Crippen molar-refractivity contribution < 1.29 is 0 Å². The Hall–Kier alpha value is -1.52. The zero-order valence-corrected chi connectivity index (χ0v) is 11.6. The second-order valence-electron chi connectivity index (χ2n) is 5.41. The predicted molar refractivity (Wildman–Crippen MR) is 78.8 cm³/mol. The van der Waals surface area contributed by atoms with Crippen molar-refractivity contribution in [2.45, 2.75) is 44.7 Å². The van der Waals surface area contributed by atoms with Gasteiger partial charge in [0.05, 0.1) is 16.7 Å². The van der Waals surface area contributed by atoms with Crippen molar-refractivity contribution in [3.63, 3.8) is 0 Å². The van der Waals surface area contributed by atoms with Crippen molar-refractivity contribution in [1.82, 2.24) is 9.97 Å². The largest absolute Gasteiger partial charge is 0.328 e. The van der Waals surface area contributed by atoms with Gasteiger partial charge in [0.1, 0.15) is 0 Å². The molecule has 0 aliphatic heterocycles. The van der Waals surface area contributed by atoms with E-state index in [4.69, 9.17) is 16.5 Å². The summed E-state index contributed by atoms with van der Waals surface area (Å²) in [5, 5.41) is 0. The number of para-hydroxylation sites is 2. The molecule has 2 aromatic rings. The fourth-order valence-corrected chi connectivity index (χ4v) is 2.40. The van der Waals surface area contributed by atoms with E-state index in [0.717, 1.165) is 29.6 Å². The van der Waals surface area contributed by atoms with Crippen LogP contribution in [-0.4, -0.2) is 22.1 Å². The third-order valence-electron chi connectivity index (χ3n) is 3.20. The zero-order chi connectivity index (χ0) is 13.8. The Kier molecular flexibility index (Phi) is 4.45. The van der Waals surface area contributed by atoms with Gasteiger partial charge in [-0.1, -0.05) is 12.1 Å². The van der Waals surface area contributed by atoms with E-state index in [-0.39, 0.29) is 18.0 Å². The summed E-state index contributed by atoms with van der Waals surface area (Å²) >= 11 is 0. The van der Waals surface area contributed by atoms with Gasteiger partial charge in [-0.15, -0.1) is 0 Å². The molecule has 1 aromatic heterocycles. The smallest absolute Gasteiger partial charge is 0.0890 e. The van der Waals surface area contributed by atoms with Crippen LogP contribution in [0, 0.1) is 0 Å². The molecule has 2 unspecified atom stereocenters. The molecule has 0 aliphatic rings. The van der Waals surface area contributed by atoms with Gasteiger partial charge in [0.2, 0.25) is 0 Å². The van der Waals surface area contributed by atoms with Crippen molar-refractivity contribution >= 4 is 11.0 Å². The lowest BCUT2D eigenvalue weighted by Crippen LogP contribution is -2.24. The fourth-order valence-electron chi connectivity index (χ4n) is 2.40. The number of nitrogens with zero attached hydrogens (tertiary/aromatic N) is 2. The van der Waals surface area contributed by atoms with Crippen molar-refractivity contribution in [3.8, 4) is 0 Å². The lowest BCUT2D eigenvalue weighted by Gasteiger charge is -2.20. The molecule has 1 heterocycles. The molecule has 1 aromatic carbocycles. The van der Waals surface area contributed by atoms with E-state index in [1.165, 1.54) is 0 Å². The van der Waals surface area contributed by atoms with E-state index < -0.39 is 0 Å². The van der Waals surface area contributed by atoms with Crippen LogP contribution in [0.2, 0.25) is 0 Å². The number of aromatic nitrogens is 2.